The molecule has 0 saturated heterocycles. The Labute approximate surface area is 182 Å². The molecule has 2 aromatic rings. The third kappa shape index (κ3) is 5.54. The predicted octanol–water partition coefficient (Wildman–Crippen LogP) is 2.14. The molecule has 0 aromatic heterocycles. The summed E-state index contributed by atoms with van der Waals surface area (Å²) in [6.45, 7) is 0.291. The van der Waals surface area contributed by atoms with Crippen molar-refractivity contribution in [1.29, 1.82) is 0 Å². The maximum atomic E-state index is 12.1. The van der Waals surface area contributed by atoms with E-state index in [9.17, 15) is 18.0 Å². The van der Waals surface area contributed by atoms with Crippen LogP contribution in [0.5, 0.6) is 11.5 Å². The largest absolute Gasteiger partial charge is 0.486 e. The van der Waals surface area contributed by atoms with E-state index in [0.717, 1.165) is 12.1 Å². The van der Waals surface area contributed by atoms with Gasteiger partial charge in [0, 0.05) is 0 Å². The molecule has 1 heterocycles. The number of nitrogens with two attached hydrogens (primary N) is 1. The fraction of sp³-hybridized carbons (Fsp3) is 0.222. The summed E-state index contributed by atoms with van der Waals surface area (Å²) in [5, 5.41) is 7.11. The van der Waals surface area contributed by atoms with Crippen LogP contribution in [0.4, 0.5) is 5.69 Å². The first-order valence-electron chi connectivity index (χ1n) is 8.49. The van der Waals surface area contributed by atoms with Crippen LogP contribution in [-0.4, -0.2) is 40.1 Å². The molecular weight excluding hydrogens is 459 g/mol. The van der Waals surface area contributed by atoms with Gasteiger partial charge >= 0.3 is 5.97 Å². The molecule has 0 aliphatic carbocycles. The van der Waals surface area contributed by atoms with Crippen molar-refractivity contribution in [2.24, 2.45) is 5.14 Å². The van der Waals surface area contributed by atoms with Gasteiger partial charge in [0.1, 0.15) is 13.2 Å². The van der Waals surface area contributed by atoms with Gasteiger partial charge in [-0.15, -0.1) is 0 Å². The van der Waals surface area contributed by atoms with Gasteiger partial charge in [0.15, 0.2) is 18.1 Å². The van der Waals surface area contributed by atoms with Crippen molar-refractivity contribution in [3.63, 3.8) is 0 Å². The quantitative estimate of drug-likeness (QED) is 0.612. The summed E-state index contributed by atoms with van der Waals surface area (Å²) < 4.78 is 38.6. The van der Waals surface area contributed by atoms with Crippen LogP contribution in [0.25, 0.3) is 0 Å². The Morgan fingerprint density at radius 1 is 1.07 bits per heavy atom. The van der Waals surface area contributed by atoms with Gasteiger partial charge in [-0.1, -0.05) is 29.3 Å². The number of nitrogens with one attached hydrogen (secondary N) is 1. The molecule has 3 rings (SSSR count). The third-order valence-corrected chi connectivity index (χ3v) is 5.42. The monoisotopic (exact) mass is 474 g/mol. The van der Waals surface area contributed by atoms with Crippen molar-refractivity contribution in [3.05, 3.63) is 45.9 Å². The zero-order valence-corrected chi connectivity index (χ0v) is 17.6. The maximum absolute atomic E-state index is 12.1. The molecule has 0 atom stereocenters. The second kappa shape index (κ2) is 9.09. The Morgan fingerprint density at radius 2 is 1.70 bits per heavy atom. The van der Waals surface area contributed by atoms with Gasteiger partial charge in [0.2, 0.25) is 10.0 Å². The molecule has 12 heteroatoms. The number of fused-ring (bicyclic) bond motifs is 1. The van der Waals surface area contributed by atoms with Gasteiger partial charge in [-0.3, -0.25) is 9.59 Å². The average Bonchev–Trinajstić information content (AvgIpc) is 2.68. The number of rotatable bonds is 6. The summed E-state index contributed by atoms with van der Waals surface area (Å²) in [5.74, 6) is -0.210. The van der Waals surface area contributed by atoms with Crippen molar-refractivity contribution < 1.29 is 32.2 Å². The second-order valence-corrected chi connectivity index (χ2v) is 8.55. The van der Waals surface area contributed by atoms with Crippen LogP contribution in [0.2, 0.25) is 10.0 Å². The number of halogens is 2. The number of esters is 1. The highest BCUT2D eigenvalue weighted by atomic mass is 35.5. The summed E-state index contributed by atoms with van der Waals surface area (Å²) in [6.07, 6.45) is -0.0749. The number of amides is 1. The summed E-state index contributed by atoms with van der Waals surface area (Å²) in [4.78, 5) is 23.8. The molecule has 0 radical (unpaired) electrons. The lowest BCUT2D eigenvalue weighted by Gasteiger charge is -2.18. The minimum atomic E-state index is -4.02. The number of hydrogen-bond acceptors (Lipinski definition) is 7. The van der Waals surface area contributed by atoms with Crippen LogP contribution in [0.15, 0.2) is 35.2 Å². The van der Waals surface area contributed by atoms with E-state index in [0.29, 0.717) is 30.3 Å². The lowest BCUT2D eigenvalue weighted by Crippen LogP contribution is -2.22. The van der Waals surface area contributed by atoms with Crippen molar-refractivity contribution in [2.75, 3.05) is 25.1 Å². The van der Waals surface area contributed by atoms with Crippen LogP contribution < -0.4 is 19.9 Å². The Hall–Kier alpha value is -2.53. The van der Waals surface area contributed by atoms with E-state index in [2.05, 4.69) is 5.32 Å². The van der Waals surface area contributed by atoms with Gasteiger partial charge in [-0.05, 0) is 29.8 Å². The van der Waals surface area contributed by atoms with Crippen LogP contribution >= 0.6 is 23.2 Å². The molecule has 30 heavy (non-hydrogen) atoms. The van der Waals surface area contributed by atoms with Gasteiger partial charge in [0.25, 0.3) is 5.91 Å². The first-order valence-corrected chi connectivity index (χ1v) is 10.8. The van der Waals surface area contributed by atoms with Crippen molar-refractivity contribution in [1.82, 2.24) is 0 Å². The number of anilines is 1. The number of primary sulfonamides is 1. The number of ether oxygens (including phenoxy) is 3. The number of benzene rings is 2. The first-order chi connectivity index (χ1) is 14.1. The summed E-state index contributed by atoms with van der Waals surface area (Å²) in [7, 11) is -4.02. The fourth-order valence-electron chi connectivity index (χ4n) is 2.57. The van der Waals surface area contributed by atoms with Gasteiger partial charge in [-0.2, -0.15) is 0 Å². The smallest absolute Gasteiger partial charge is 0.310 e. The topological polar surface area (TPSA) is 134 Å². The van der Waals surface area contributed by atoms with Gasteiger partial charge in [-0.25, -0.2) is 13.6 Å². The summed E-state index contributed by atoms with van der Waals surface area (Å²) in [5.41, 5.74) is 0.605. The van der Waals surface area contributed by atoms with Crippen molar-refractivity contribution in [2.45, 2.75) is 11.3 Å². The maximum Gasteiger partial charge on any atom is 0.310 e. The zero-order valence-electron chi connectivity index (χ0n) is 15.3. The van der Waals surface area contributed by atoms with Crippen LogP contribution in [-0.2, 0) is 30.8 Å². The Morgan fingerprint density at radius 3 is 2.33 bits per heavy atom. The fourth-order valence-corrected chi connectivity index (χ4v) is 3.85. The van der Waals surface area contributed by atoms with Crippen LogP contribution in [0.1, 0.15) is 5.56 Å². The Balaban J connectivity index is 1.56. The molecular formula is C18H16Cl2N2O7S. The average molecular weight is 475 g/mol. The summed E-state index contributed by atoms with van der Waals surface area (Å²) >= 11 is 11.9. The minimum absolute atomic E-state index is 0.0291. The predicted molar refractivity (Wildman–Crippen MR) is 109 cm³/mol. The van der Waals surface area contributed by atoms with Gasteiger partial charge in [0.05, 0.1) is 27.0 Å². The highest BCUT2D eigenvalue weighted by Crippen LogP contribution is 2.33. The molecule has 1 aliphatic heterocycles. The standard InChI is InChI=1S/C18H16Cl2N2O7S/c19-12-7-11(30(21,25)26)8-13(20)18(12)22-16(23)9-29-17(24)6-10-1-2-14-15(5-10)28-4-3-27-14/h1-2,5,7-8H,3-4,6,9H2,(H,22,23)(H2,21,25,26). The van der Waals surface area contributed by atoms with E-state index in [-0.39, 0.29) is 27.0 Å². The van der Waals surface area contributed by atoms with Crippen LogP contribution in [0.3, 0.4) is 0 Å². The van der Waals surface area contributed by atoms with E-state index in [1.165, 1.54) is 0 Å². The highest BCUT2D eigenvalue weighted by molar-refractivity contribution is 7.89. The molecule has 1 aliphatic rings. The Kier molecular flexibility index (Phi) is 6.71. The normalized spacial score (nSPS) is 12.9. The van der Waals surface area contributed by atoms with E-state index in [1.807, 2.05) is 0 Å². The lowest BCUT2D eigenvalue weighted by atomic mass is 10.1. The van der Waals surface area contributed by atoms with Crippen molar-refractivity contribution >= 4 is 50.8 Å². The number of carbonyl (C=O) groups is 2. The molecule has 9 nitrogen and oxygen atoms in total. The first kappa shape index (κ1) is 22.2. The molecule has 0 spiro atoms. The number of carbonyl (C=O) groups excluding carboxylic acids is 2. The molecule has 1 amide bonds. The Bertz CT molecular complexity index is 1080. The highest BCUT2D eigenvalue weighted by Gasteiger charge is 2.18. The number of hydrogen-bond donors (Lipinski definition) is 2. The van der Waals surface area contributed by atoms with E-state index >= 15 is 0 Å². The molecule has 0 unspecified atom stereocenters. The lowest BCUT2D eigenvalue weighted by molar-refractivity contribution is -0.146. The zero-order chi connectivity index (χ0) is 21.9. The molecule has 160 valence electrons. The molecule has 0 saturated carbocycles. The second-order valence-electron chi connectivity index (χ2n) is 6.17. The van der Waals surface area contributed by atoms with E-state index in [4.69, 9.17) is 42.6 Å². The molecule has 3 N–H and O–H groups in total. The summed E-state index contributed by atoms with van der Waals surface area (Å²) in [6, 6.07) is 7.15. The number of sulfonamides is 1. The molecule has 2 aromatic carbocycles. The van der Waals surface area contributed by atoms with E-state index < -0.39 is 28.5 Å². The minimum Gasteiger partial charge on any atom is -0.486 e. The van der Waals surface area contributed by atoms with Crippen molar-refractivity contribution in [3.8, 4) is 11.5 Å². The molecule has 0 bridgehead atoms. The third-order valence-electron chi connectivity index (χ3n) is 3.93. The van der Waals surface area contributed by atoms with Gasteiger partial charge < -0.3 is 19.5 Å². The van der Waals surface area contributed by atoms with Crippen LogP contribution in [0, 0.1) is 0 Å². The van der Waals surface area contributed by atoms with E-state index in [1.54, 1.807) is 18.2 Å². The molecule has 0 fully saturated rings. The SMILES string of the molecule is NS(=O)(=O)c1cc(Cl)c(NC(=O)COC(=O)Cc2ccc3c(c2)OCCO3)c(Cl)c1.